The average molecular weight is 356 g/mol. The number of amides is 2. The summed E-state index contributed by atoms with van der Waals surface area (Å²) in [5.74, 6) is 1.34. The summed E-state index contributed by atoms with van der Waals surface area (Å²) in [4.78, 5) is 34.5. The molecule has 140 valence electrons. The molecule has 2 heterocycles. The van der Waals surface area contributed by atoms with Gasteiger partial charge in [-0.25, -0.2) is 4.98 Å². The van der Waals surface area contributed by atoms with Crippen LogP contribution in [0.15, 0.2) is 24.3 Å². The van der Waals surface area contributed by atoms with Gasteiger partial charge in [0.05, 0.1) is 17.0 Å². The molecule has 0 spiro atoms. The Hall–Kier alpha value is -2.37. The van der Waals surface area contributed by atoms with Crippen molar-refractivity contribution >= 4 is 22.8 Å². The molecule has 3 rings (SSSR count). The summed E-state index contributed by atoms with van der Waals surface area (Å²) in [6.07, 6.45) is 1.75. The van der Waals surface area contributed by atoms with Gasteiger partial charge < -0.3 is 15.2 Å². The van der Waals surface area contributed by atoms with Gasteiger partial charge in [-0.15, -0.1) is 0 Å². The lowest BCUT2D eigenvalue weighted by molar-refractivity contribution is -0.142. The van der Waals surface area contributed by atoms with Crippen LogP contribution in [0.25, 0.3) is 11.0 Å². The molecule has 1 aliphatic heterocycles. The Labute approximate surface area is 154 Å². The Bertz CT molecular complexity index is 750. The van der Waals surface area contributed by atoms with Gasteiger partial charge >= 0.3 is 0 Å². The summed E-state index contributed by atoms with van der Waals surface area (Å²) in [6.45, 7) is 7.43. The van der Waals surface area contributed by atoms with E-state index in [1.165, 1.54) is 0 Å². The van der Waals surface area contributed by atoms with E-state index in [4.69, 9.17) is 0 Å². The molecule has 2 N–H and O–H groups in total. The Morgan fingerprint density at radius 1 is 1.38 bits per heavy atom. The summed E-state index contributed by atoms with van der Waals surface area (Å²) in [6, 6.07) is 7.85. The molecule has 1 aromatic carbocycles. The zero-order valence-corrected chi connectivity index (χ0v) is 15.8. The Morgan fingerprint density at radius 3 is 2.88 bits per heavy atom. The second kappa shape index (κ2) is 7.89. The number of aromatic nitrogens is 2. The summed E-state index contributed by atoms with van der Waals surface area (Å²) < 4.78 is 0. The second-order valence-corrected chi connectivity index (χ2v) is 7.57. The lowest BCUT2D eigenvalue weighted by Gasteiger charge is -2.39. The topological polar surface area (TPSA) is 78.1 Å². The highest BCUT2D eigenvalue weighted by atomic mass is 16.2. The van der Waals surface area contributed by atoms with Gasteiger partial charge in [-0.2, -0.15) is 0 Å². The highest BCUT2D eigenvalue weighted by Gasteiger charge is 2.36. The van der Waals surface area contributed by atoms with E-state index in [0.717, 1.165) is 16.9 Å². The van der Waals surface area contributed by atoms with Crippen molar-refractivity contribution in [2.75, 3.05) is 13.1 Å². The number of carbonyl (C=O) groups excluding carboxylic acids is 2. The maximum absolute atomic E-state index is 12.6. The fourth-order valence-electron chi connectivity index (χ4n) is 3.68. The summed E-state index contributed by atoms with van der Waals surface area (Å²) in [7, 11) is 0. The minimum Gasteiger partial charge on any atom is -0.355 e. The lowest BCUT2D eigenvalue weighted by Crippen LogP contribution is -2.52. The maximum Gasteiger partial charge on any atom is 0.225 e. The molecular weight excluding hydrogens is 328 g/mol. The number of H-pyrrole nitrogens is 1. The van der Waals surface area contributed by atoms with Gasteiger partial charge in [0.15, 0.2) is 0 Å². The van der Waals surface area contributed by atoms with E-state index < -0.39 is 0 Å². The highest BCUT2D eigenvalue weighted by molar-refractivity contribution is 5.84. The van der Waals surface area contributed by atoms with E-state index in [1.807, 2.05) is 36.1 Å². The molecule has 2 atom stereocenters. The minimum absolute atomic E-state index is 0.0369. The van der Waals surface area contributed by atoms with E-state index in [1.54, 1.807) is 0 Å². The van der Waals surface area contributed by atoms with Gasteiger partial charge in [0.25, 0.3) is 0 Å². The zero-order valence-electron chi connectivity index (χ0n) is 15.8. The van der Waals surface area contributed by atoms with Crippen molar-refractivity contribution in [3.05, 3.63) is 30.1 Å². The molecule has 0 saturated carbocycles. The fourth-order valence-corrected chi connectivity index (χ4v) is 3.68. The SMILES string of the molecule is CC(C)CN1C(=O)CC[C@@H](C(=O)NCCc2nc3ccccc3[nH]2)[C@H]1C. The zero-order chi connectivity index (χ0) is 18.7. The quantitative estimate of drug-likeness (QED) is 0.835. The number of likely N-dealkylation sites (tertiary alicyclic amines) is 1. The first-order valence-corrected chi connectivity index (χ1v) is 9.46. The fraction of sp³-hybridized carbons (Fsp3) is 0.550. The molecule has 1 aromatic heterocycles. The first kappa shape index (κ1) is 18.4. The summed E-state index contributed by atoms with van der Waals surface area (Å²) >= 11 is 0. The molecule has 0 radical (unpaired) electrons. The molecule has 0 bridgehead atoms. The van der Waals surface area contributed by atoms with Crippen molar-refractivity contribution in [2.45, 2.75) is 46.1 Å². The number of nitrogens with zero attached hydrogens (tertiary/aromatic N) is 2. The van der Waals surface area contributed by atoms with E-state index in [0.29, 0.717) is 38.3 Å². The predicted octanol–water partition coefficient (Wildman–Crippen LogP) is 2.50. The van der Waals surface area contributed by atoms with E-state index in [2.05, 4.69) is 29.1 Å². The van der Waals surface area contributed by atoms with Gasteiger partial charge in [0.2, 0.25) is 11.8 Å². The van der Waals surface area contributed by atoms with Crippen LogP contribution in [-0.4, -0.2) is 45.8 Å². The van der Waals surface area contributed by atoms with Crippen molar-refractivity contribution in [1.82, 2.24) is 20.2 Å². The first-order chi connectivity index (χ1) is 12.5. The normalized spacial score (nSPS) is 20.8. The number of aromatic amines is 1. The number of rotatable bonds is 6. The van der Waals surface area contributed by atoms with Crippen molar-refractivity contribution in [3.8, 4) is 0 Å². The van der Waals surface area contributed by atoms with Crippen LogP contribution in [-0.2, 0) is 16.0 Å². The van der Waals surface area contributed by atoms with Crippen LogP contribution < -0.4 is 5.32 Å². The van der Waals surface area contributed by atoms with Crippen molar-refractivity contribution < 1.29 is 9.59 Å². The molecule has 1 saturated heterocycles. The average Bonchev–Trinajstić information content (AvgIpc) is 3.01. The summed E-state index contributed by atoms with van der Waals surface area (Å²) in [5.41, 5.74) is 1.95. The Balaban J connectivity index is 1.54. The third kappa shape index (κ3) is 4.06. The lowest BCUT2D eigenvalue weighted by atomic mass is 9.88. The number of piperidine rings is 1. The van der Waals surface area contributed by atoms with Crippen LogP contribution >= 0.6 is 0 Å². The van der Waals surface area contributed by atoms with Crippen molar-refractivity contribution in [3.63, 3.8) is 0 Å². The molecule has 2 aromatic rings. The van der Waals surface area contributed by atoms with Crippen LogP contribution in [0.2, 0.25) is 0 Å². The maximum atomic E-state index is 12.6. The van der Waals surface area contributed by atoms with Gasteiger partial charge in [0.1, 0.15) is 5.82 Å². The van der Waals surface area contributed by atoms with Gasteiger partial charge in [0, 0.05) is 32.0 Å². The highest BCUT2D eigenvalue weighted by Crippen LogP contribution is 2.25. The van der Waals surface area contributed by atoms with Gasteiger partial charge in [-0.3, -0.25) is 9.59 Å². The summed E-state index contributed by atoms with van der Waals surface area (Å²) in [5, 5.41) is 3.03. The second-order valence-electron chi connectivity index (χ2n) is 7.57. The molecule has 6 heteroatoms. The predicted molar refractivity (Wildman–Crippen MR) is 102 cm³/mol. The molecule has 26 heavy (non-hydrogen) atoms. The third-order valence-corrected chi connectivity index (χ3v) is 5.06. The van der Waals surface area contributed by atoms with Crippen LogP contribution in [0.3, 0.4) is 0 Å². The van der Waals surface area contributed by atoms with Crippen LogP contribution in [0.5, 0.6) is 0 Å². The van der Waals surface area contributed by atoms with E-state index in [-0.39, 0.29) is 23.8 Å². The number of fused-ring (bicyclic) bond motifs is 1. The molecule has 0 unspecified atom stereocenters. The van der Waals surface area contributed by atoms with E-state index >= 15 is 0 Å². The number of benzene rings is 1. The number of nitrogens with one attached hydrogen (secondary N) is 2. The van der Waals surface area contributed by atoms with Gasteiger partial charge in [-0.1, -0.05) is 26.0 Å². The van der Waals surface area contributed by atoms with Crippen molar-refractivity contribution in [2.24, 2.45) is 11.8 Å². The van der Waals surface area contributed by atoms with Crippen molar-refractivity contribution in [1.29, 1.82) is 0 Å². The van der Waals surface area contributed by atoms with Gasteiger partial charge in [-0.05, 0) is 31.4 Å². The number of para-hydroxylation sites is 2. The molecule has 1 fully saturated rings. The molecule has 2 amide bonds. The molecule has 1 aliphatic rings. The third-order valence-electron chi connectivity index (χ3n) is 5.06. The molecule has 0 aliphatic carbocycles. The molecule has 6 nitrogen and oxygen atoms in total. The Kier molecular flexibility index (Phi) is 5.59. The standard InChI is InChI=1S/C20H28N4O2/c1-13(2)12-24-14(3)15(8-9-19(24)25)20(26)21-11-10-18-22-16-6-4-5-7-17(16)23-18/h4-7,13-15H,8-12H2,1-3H3,(H,21,26)(H,22,23)/t14-,15-/m1/s1. The first-order valence-electron chi connectivity index (χ1n) is 9.46. The number of imidazole rings is 1. The van der Waals surface area contributed by atoms with Crippen LogP contribution in [0, 0.1) is 11.8 Å². The van der Waals surface area contributed by atoms with Crippen LogP contribution in [0.1, 0.15) is 39.4 Å². The minimum atomic E-state index is -0.137. The smallest absolute Gasteiger partial charge is 0.225 e. The monoisotopic (exact) mass is 356 g/mol. The van der Waals surface area contributed by atoms with Crippen LogP contribution in [0.4, 0.5) is 0 Å². The van der Waals surface area contributed by atoms with E-state index in [9.17, 15) is 9.59 Å². The number of hydrogen-bond acceptors (Lipinski definition) is 3. The largest absolute Gasteiger partial charge is 0.355 e. The molecular formula is C20H28N4O2. The number of hydrogen-bond donors (Lipinski definition) is 2. The number of carbonyl (C=O) groups is 2. The Morgan fingerprint density at radius 2 is 2.15 bits per heavy atom.